The van der Waals surface area contributed by atoms with E-state index >= 15 is 0 Å². The topological polar surface area (TPSA) is 29.3 Å². The Morgan fingerprint density at radius 1 is 1.09 bits per heavy atom. The highest BCUT2D eigenvalue weighted by Crippen LogP contribution is 2.27. The van der Waals surface area contributed by atoms with Crippen LogP contribution >= 0.6 is 0 Å². The maximum atomic E-state index is 13.8. The van der Waals surface area contributed by atoms with Crippen molar-refractivity contribution in [3.8, 4) is 0 Å². The summed E-state index contributed by atoms with van der Waals surface area (Å²) in [4.78, 5) is 2.27. The molecule has 0 saturated carbocycles. The zero-order valence-corrected chi connectivity index (χ0v) is 13.0. The van der Waals surface area contributed by atoms with Gasteiger partial charge in [0.2, 0.25) is 0 Å². The average molecular weight is 298 g/mol. The maximum absolute atomic E-state index is 13.8. The molecule has 1 fully saturated rings. The molecule has 1 aliphatic rings. The fourth-order valence-electron chi connectivity index (χ4n) is 3.31. The van der Waals surface area contributed by atoms with Gasteiger partial charge in [0.25, 0.3) is 0 Å². The zero-order chi connectivity index (χ0) is 15.5. The minimum Gasteiger partial charge on any atom is -0.327 e. The van der Waals surface area contributed by atoms with Gasteiger partial charge in [-0.25, -0.2) is 4.39 Å². The Hall–Kier alpha value is -1.71. The van der Waals surface area contributed by atoms with E-state index in [1.165, 1.54) is 17.2 Å². The Morgan fingerprint density at radius 2 is 1.82 bits per heavy atom. The third-order valence-corrected chi connectivity index (χ3v) is 4.46. The number of nitrogens with zero attached hydrogens (tertiary/aromatic N) is 1. The van der Waals surface area contributed by atoms with Crippen LogP contribution in [0.4, 0.5) is 4.39 Å². The van der Waals surface area contributed by atoms with Gasteiger partial charge in [-0.05, 0) is 30.9 Å². The number of nitrogens with two attached hydrogens (primary N) is 1. The molecule has 3 heteroatoms. The predicted octanol–water partition coefficient (Wildman–Crippen LogP) is 3.45. The van der Waals surface area contributed by atoms with Crippen LogP contribution in [0, 0.1) is 12.7 Å². The van der Waals surface area contributed by atoms with Gasteiger partial charge in [-0.2, -0.15) is 0 Å². The van der Waals surface area contributed by atoms with Gasteiger partial charge in [0.15, 0.2) is 0 Å². The van der Waals surface area contributed by atoms with Crippen molar-refractivity contribution in [1.82, 2.24) is 4.90 Å². The Labute approximate surface area is 131 Å². The van der Waals surface area contributed by atoms with Gasteiger partial charge in [0.05, 0.1) is 0 Å². The lowest BCUT2D eigenvalue weighted by Crippen LogP contribution is -2.45. The summed E-state index contributed by atoms with van der Waals surface area (Å²) < 4.78 is 13.8. The van der Waals surface area contributed by atoms with Crippen LogP contribution in [-0.4, -0.2) is 24.0 Å². The molecule has 0 bridgehead atoms. The van der Waals surface area contributed by atoms with Crippen LogP contribution in [0.1, 0.15) is 29.0 Å². The molecule has 2 N–H and O–H groups in total. The standard InChI is InChI=1S/C19H23FN2/c1-14-6-8-15(9-7-14)17-10-18(21)13-22(12-17)11-16-4-2-3-5-19(16)20/h2-9,17-18H,10-13,21H2,1H3. The molecule has 0 radical (unpaired) electrons. The lowest BCUT2D eigenvalue weighted by Gasteiger charge is -2.36. The van der Waals surface area contributed by atoms with E-state index in [2.05, 4.69) is 36.1 Å². The van der Waals surface area contributed by atoms with Gasteiger partial charge in [-0.15, -0.1) is 0 Å². The molecule has 3 rings (SSSR count). The molecule has 2 nitrogen and oxygen atoms in total. The summed E-state index contributed by atoms with van der Waals surface area (Å²) >= 11 is 0. The van der Waals surface area contributed by atoms with Crippen molar-refractivity contribution in [2.45, 2.75) is 31.8 Å². The second-order valence-electron chi connectivity index (χ2n) is 6.39. The van der Waals surface area contributed by atoms with Crippen LogP contribution in [0.5, 0.6) is 0 Å². The monoisotopic (exact) mass is 298 g/mol. The van der Waals surface area contributed by atoms with Crippen molar-refractivity contribution in [3.63, 3.8) is 0 Å². The third kappa shape index (κ3) is 3.54. The second-order valence-corrected chi connectivity index (χ2v) is 6.39. The lowest BCUT2D eigenvalue weighted by atomic mass is 9.88. The number of piperidine rings is 1. The van der Waals surface area contributed by atoms with Crippen molar-refractivity contribution in [3.05, 3.63) is 71.0 Å². The molecule has 1 saturated heterocycles. The van der Waals surface area contributed by atoms with Gasteiger partial charge in [-0.1, -0.05) is 48.0 Å². The van der Waals surface area contributed by atoms with Gasteiger partial charge in [0, 0.05) is 31.2 Å². The number of rotatable bonds is 3. The molecule has 2 aromatic carbocycles. The van der Waals surface area contributed by atoms with Crippen molar-refractivity contribution >= 4 is 0 Å². The third-order valence-electron chi connectivity index (χ3n) is 4.46. The first-order valence-electron chi connectivity index (χ1n) is 7.89. The highest BCUT2D eigenvalue weighted by atomic mass is 19.1. The molecule has 0 aliphatic carbocycles. The van der Waals surface area contributed by atoms with Gasteiger partial charge in [-0.3, -0.25) is 4.90 Å². The number of likely N-dealkylation sites (tertiary alicyclic amines) is 1. The molecule has 0 amide bonds. The van der Waals surface area contributed by atoms with Gasteiger partial charge < -0.3 is 5.73 Å². The normalized spacial score (nSPS) is 22.7. The summed E-state index contributed by atoms with van der Waals surface area (Å²) in [7, 11) is 0. The minimum atomic E-state index is -0.131. The van der Waals surface area contributed by atoms with Crippen molar-refractivity contribution in [2.75, 3.05) is 13.1 Å². The van der Waals surface area contributed by atoms with E-state index in [4.69, 9.17) is 5.73 Å². The van der Waals surface area contributed by atoms with Crippen LogP contribution in [0.25, 0.3) is 0 Å². The Balaban J connectivity index is 1.73. The second kappa shape index (κ2) is 6.59. The molecule has 2 atom stereocenters. The van der Waals surface area contributed by atoms with E-state index in [1.807, 2.05) is 12.1 Å². The first-order valence-corrected chi connectivity index (χ1v) is 7.89. The summed E-state index contributed by atoms with van der Waals surface area (Å²) in [6.45, 7) is 4.49. The SMILES string of the molecule is Cc1ccc(C2CC(N)CN(Cc3ccccc3F)C2)cc1. The van der Waals surface area contributed by atoms with Crippen LogP contribution in [0.3, 0.4) is 0 Å². The molecule has 1 heterocycles. The molecule has 0 spiro atoms. The predicted molar refractivity (Wildman–Crippen MR) is 88.2 cm³/mol. The fraction of sp³-hybridized carbons (Fsp3) is 0.368. The van der Waals surface area contributed by atoms with E-state index < -0.39 is 0 Å². The summed E-state index contributed by atoms with van der Waals surface area (Å²) in [5.41, 5.74) is 9.59. The zero-order valence-electron chi connectivity index (χ0n) is 13.0. The Kier molecular flexibility index (Phi) is 4.55. The molecule has 116 valence electrons. The molecule has 22 heavy (non-hydrogen) atoms. The summed E-state index contributed by atoms with van der Waals surface area (Å²) in [6, 6.07) is 15.8. The molecule has 2 unspecified atom stereocenters. The van der Waals surface area contributed by atoms with E-state index in [1.54, 1.807) is 6.07 Å². The molecule has 2 aromatic rings. The number of hydrogen-bond donors (Lipinski definition) is 1. The van der Waals surface area contributed by atoms with Crippen molar-refractivity contribution in [1.29, 1.82) is 0 Å². The summed E-state index contributed by atoms with van der Waals surface area (Å²) in [5.74, 6) is 0.296. The molecule has 1 aliphatic heterocycles. The maximum Gasteiger partial charge on any atom is 0.127 e. The number of aryl methyl sites for hydroxylation is 1. The van der Waals surface area contributed by atoms with Crippen LogP contribution < -0.4 is 5.73 Å². The van der Waals surface area contributed by atoms with Crippen LogP contribution in [0.2, 0.25) is 0 Å². The van der Waals surface area contributed by atoms with Crippen LogP contribution in [0.15, 0.2) is 48.5 Å². The van der Waals surface area contributed by atoms with Gasteiger partial charge in [0.1, 0.15) is 5.82 Å². The lowest BCUT2D eigenvalue weighted by molar-refractivity contribution is 0.179. The average Bonchev–Trinajstić information content (AvgIpc) is 2.50. The van der Waals surface area contributed by atoms with E-state index in [0.29, 0.717) is 12.5 Å². The van der Waals surface area contributed by atoms with E-state index in [-0.39, 0.29) is 11.9 Å². The number of halogens is 1. The fourth-order valence-corrected chi connectivity index (χ4v) is 3.31. The van der Waals surface area contributed by atoms with E-state index in [0.717, 1.165) is 25.1 Å². The number of hydrogen-bond acceptors (Lipinski definition) is 2. The smallest absolute Gasteiger partial charge is 0.127 e. The van der Waals surface area contributed by atoms with E-state index in [9.17, 15) is 4.39 Å². The van der Waals surface area contributed by atoms with Crippen molar-refractivity contribution in [2.24, 2.45) is 5.73 Å². The molecular formula is C19H23FN2. The first kappa shape index (κ1) is 15.2. The quantitative estimate of drug-likeness (QED) is 0.940. The highest BCUT2D eigenvalue weighted by Gasteiger charge is 2.26. The first-order chi connectivity index (χ1) is 10.6. The summed E-state index contributed by atoms with van der Waals surface area (Å²) in [6.07, 6.45) is 0.997. The van der Waals surface area contributed by atoms with Gasteiger partial charge >= 0.3 is 0 Å². The highest BCUT2D eigenvalue weighted by molar-refractivity contribution is 5.26. The molecular weight excluding hydrogens is 275 g/mol. The van der Waals surface area contributed by atoms with Crippen molar-refractivity contribution < 1.29 is 4.39 Å². The number of benzene rings is 2. The largest absolute Gasteiger partial charge is 0.327 e. The van der Waals surface area contributed by atoms with Crippen LogP contribution in [-0.2, 0) is 6.54 Å². The molecule has 0 aromatic heterocycles. The minimum absolute atomic E-state index is 0.131. The Bertz CT molecular complexity index is 624. The summed E-state index contributed by atoms with van der Waals surface area (Å²) in [5, 5.41) is 0. The Morgan fingerprint density at radius 3 is 2.55 bits per heavy atom.